The lowest BCUT2D eigenvalue weighted by molar-refractivity contribution is 0.0866. The summed E-state index contributed by atoms with van der Waals surface area (Å²) in [6.45, 7) is 8.75. The maximum atomic E-state index is 13.8. The second kappa shape index (κ2) is 12.3. The maximum absolute atomic E-state index is 13.8. The number of nitriles is 1. The van der Waals surface area contributed by atoms with Crippen LogP contribution in [0.2, 0.25) is 10.0 Å². The van der Waals surface area contributed by atoms with Crippen LogP contribution in [0.5, 0.6) is 0 Å². The molecule has 0 aliphatic carbocycles. The molecule has 232 valence electrons. The highest BCUT2D eigenvalue weighted by Crippen LogP contribution is 2.37. The molecule has 0 bridgehead atoms. The Morgan fingerprint density at radius 1 is 1.07 bits per heavy atom. The lowest BCUT2D eigenvalue weighted by Gasteiger charge is -2.40. The largest absolute Gasteiger partial charge is 0.371 e. The minimum atomic E-state index is -0.537. The molecule has 0 radical (unpaired) electrons. The van der Waals surface area contributed by atoms with Gasteiger partial charge in [0, 0.05) is 48.6 Å². The van der Waals surface area contributed by atoms with Crippen molar-refractivity contribution in [3.63, 3.8) is 0 Å². The first-order valence-corrected chi connectivity index (χ1v) is 15.4. The molecular formula is C32H33Cl2FN10. The number of benzene rings is 2. The number of rotatable bonds is 7. The number of imidazole rings is 1. The van der Waals surface area contributed by atoms with E-state index in [1.807, 2.05) is 28.6 Å². The van der Waals surface area contributed by atoms with Crippen LogP contribution >= 0.6 is 23.2 Å². The maximum Gasteiger partial charge on any atom is 0.141 e. The molecule has 0 amide bonds. The molecule has 2 aromatic carbocycles. The summed E-state index contributed by atoms with van der Waals surface area (Å²) in [4.78, 5) is 11.3. The summed E-state index contributed by atoms with van der Waals surface area (Å²) < 4.78 is 17.8. The Bertz CT molecular complexity index is 1900. The molecule has 10 nitrogen and oxygen atoms in total. The van der Waals surface area contributed by atoms with Gasteiger partial charge in [0.25, 0.3) is 0 Å². The van der Waals surface area contributed by atoms with Gasteiger partial charge in [-0.3, -0.25) is 9.88 Å². The Balaban J connectivity index is 1.35. The molecule has 0 spiro atoms. The van der Waals surface area contributed by atoms with Gasteiger partial charge < -0.3 is 15.2 Å². The first-order chi connectivity index (χ1) is 21.5. The van der Waals surface area contributed by atoms with Gasteiger partial charge >= 0.3 is 0 Å². The number of pyridine rings is 1. The van der Waals surface area contributed by atoms with Gasteiger partial charge in [0.15, 0.2) is 0 Å². The van der Waals surface area contributed by atoms with Crippen LogP contribution in [0.25, 0.3) is 10.9 Å². The summed E-state index contributed by atoms with van der Waals surface area (Å²) in [6.07, 6.45) is 8.98. The molecule has 0 unspecified atom stereocenters. The minimum absolute atomic E-state index is 0.0379. The van der Waals surface area contributed by atoms with Gasteiger partial charge in [0.2, 0.25) is 0 Å². The van der Waals surface area contributed by atoms with Gasteiger partial charge in [-0.05, 0) is 63.9 Å². The van der Waals surface area contributed by atoms with Gasteiger partial charge in [-0.1, -0.05) is 28.4 Å². The van der Waals surface area contributed by atoms with Crippen LogP contribution in [-0.2, 0) is 7.05 Å². The Labute approximate surface area is 270 Å². The molecule has 13 heteroatoms. The monoisotopic (exact) mass is 646 g/mol. The molecule has 0 saturated carbocycles. The third-order valence-electron chi connectivity index (χ3n) is 8.31. The van der Waals surface area contributed by atoms with Gasteiger partial charge in [-0.25, -0.2) is 14.1 Å². The molecule has 3 aromatic heterocycles. The highest BCUT2D eigenvalue weighted by molar-refractivity contribution is 6.36. The fourth-order valence-corrected chi connectivity index (χ4v) is 6.24. The number of anilines is 3. The smallest absolute Gasteiger partial charge is 0.141 e. The number of aromatic nitrogens is 6. The molecule has 6 rings (SSSR count). The van der Waals surface area contributed by atoms with E-state index in [-0.39, 0.29) is 16.6 Å². The first-order valence-electron chi connectivity index (χ1n) is 14.7. The van der Waals surface area contributed by atoms with Crippen LogP contribution in [0, 0.1) is 17.1 Å². The summed E-state index contributed by atoms with van der Waals surface area (Å²) in [5.41, 5.74) is 4.20. The van der Waals surface area contributed by atoms with Crippen LogP contribution < -0.4 is 10.6 Å². The van der Waals surface area contributed by atoms with E-state index in [0.717, 1.165) is 37.3 Å². The number of piperidine rings is 1. The Kier molecular flexibility index (Phi) is 8.39. The van der Waals surface area contributed by atoms with Crippen LogP contribution in [0.15, 0.2) is 55.2 Å². The van der Waals surface area contributed by atoms with Gasteiger partial charge in [0.05, 0.1) is 57.3 Å². The minimum Gasteiger partial charge on any atom is -0.371 e. The normalized spacial score (nSPS) is 15.2. The zero-order chi connectivity index (χ0) is 31.9. The summed E-state index contributed by atoms with van der Waals surface area (Å²) >= 11 is 12.8. The average molecular weight is 648 g/mol. The molecular weight excluding hydrogens is 614 g/mol. The van der Waals surface area contributed by atoms with Crippen LogP contribution in [0.3, 0.4) is 0 Å². The predicted molar refractivity (Wildman–Crippen MR) is 174 cm³/mol. The number of nitrogens with zero attached hydrogens (tertiary/aromatic N) is 8. The number of aryl methyl sites for hydroxylation is 1. The van der Waals surface area contributed by atoms with Crippen molar-refractivity contribution in [3.05, 3.63) is 88.1 Å². The van der Waals surface area contributed by atoms with Crippen LogP contribution in [0.4, 0.5) is 21.5 Å². The zero-order valence-corrected chi connectivity index (χ0v) is 26.9. The number of hydrogen-bond acceptors (Lipinski definition) is 8. The van der Waals surface area contributed by atoms with E-state index in [2.05, 4.69) is 62.7 Å². The molecule has 2 N–H and O–H groups in total. The first kappa shape index (κ1) is 30.8. The van der Waals surface area contributed by atoms with Crippen molar-refractivity contribution in [2.24, 2.45) is 7.05 Å². The second-order valence-electron chi connectivity index (χ2n) is 12.3. The highest BCUT2D eigenvalue weighted by atomic mass is 35.5. The van der Waals surface area contributed by atoms with Gasteiger partial charge in [-0.2, -0.15) is 5.26 Å². The van der Waals surface area contributed by atoms with E-state index in [1.54, 1.807) is 24.7 Å². The van der Waals surface area contributed by atoms with E-state index >= 15 is 0 Å². The van der Waals surface area contributed by atoms with E-state index in [1.165, 1.54) is 18.3 Å². The lowest BCUT2D eigenvalue weighted by Crippen LogP contribution is -2.46. The molecule has 5 aromatic rings. The zero-order valence-electron chi connectivity index (χ0n) is 25.4. The predicted octanol–water partition coefficient (Wildman–Crippen LogP) is 7.26. The summed E-state index contributed by atoms with van der Waals surface area (Å²) in [5.74, 6) is -0.537. The number of hydrogen-bond donors (Lipinski definition) is 2. The topological polar surface area (TPSA) is 113 Å². The SMILES string of the molecule is Cn1cncc1[C@H](Nc1cc(Cl)c2ncc(C#N)c(Nc3ccc(F)c(Cl)c3)c2c1)c1cn(C2CCN(C(C)(C)C)CC2)nn1. The van der Waals surface area contributed by atoms with Gasteiger partial charge in [-0.15, -0.1) is 5.10 Å². The number of halogens is 3. The van der Waals surface area contributed by atoms with Crippen LogP contribution in [0.1, 0.15) is 62.6 Å². The van der Waals surface area contributed by atoms with Crippen LogP contribution in [-0.4, -0.2) is 53.1 Å². The van der Waals surface area contributed by atoms with Gasteiger partial charge in [0.1, 0.15) is 23.6 Å². The highest BCUT2D eigenvalue weighted by Gasteiger charge is 2.29. The molecule has 1 atom stereocenters. The molecule has 1 aliphatic rings. The average Bonchev–Trinajstić information content (AvgIpc) is 3.67. The van der Waals surface area contributed by atoms with Crippen molar-refractivity contribution < 1.29 is 4.39 Å². The fourth-order valence-electron chi connectivity index (χ4n) is 5.79. The van der Waals surface area contributed by atoms with E-state index in [0.29, 0.717) is 38.6 Å². The van der Waals surface area contributed by atoms with Crippen molar-refractivity contribution in [2.45, 2.75) is 51.2 Å². The fraction of sp³-hybridized carbons (Fsp3) is 0.344. The summed E-state index contributed by atoms with van der Waals surface area (Å²) in [5, 5.41) is 26.8. The standard InChI is InChI=1S/C32H33Cl2FN10/c1-32(2,3)44-9-7-22(8-10-44)45-17-27(41-42-45)31(28-16-37-18-43(28)4)40-21-11-23-29(39-20-5-6-26(35)24(33)12-20)19(14-36)15-38-30(23)25(34)13-21/h5-6,11-13,15-18,22,31,40H,7-10H2,1-4H3,(H,38,39)/t31-/m1/s1. The number of nitrogens with one attached hydrogen (secondary N) is 2. The second-order valence-corrected chi connectivity index (χ2v) is 13.1. The van der Waals surface area contributed by atoms with Crippen molar-refractivity contribution in [3.8, 4) is 6.07 Å². The third kappa shape index (κ3) is 6.31. The van der Waals surface area contributed by atoms with E-state index in [4.69, 9.17) is 23.2 Å². The molecule has 1 aliphatic heterocycles. The Morgan fingerprint density at radius 2 is 1.82 bits per heavy atom. The van der Waals surface area contributed by atoms with Crippen molar-refractivity contribution >= 4 is 51.2 Å². The van der Waals surface area contributed by atoms with Crippen molar-refractivity contribution in [1.29, 1.82) is 5.26 Å². The molecule has 1 saturated heterocycles. The van der Waals surface area contributed by atoms with Crippen molar-refractivity contribution in [2.75, 3.05) is 23.7 Å². The Morgan fingerprint density at radius 3 is 2.49 bits per heavy atom. The summed E-state index contributed by atoms with van der Waals surface area (Å²) in [7, 11) is 1.93. The number of likely N-dealkylation sites (tertiary alicyclic amines) is 1. The lowest BCUT2D eigenvalue weighted by atomic mass is 9.98. The number of fused-ring (bicyclic) bond motifs is 1. The Hall–Kier alpha value is -4.24. The van der Waals surface area contributed by atoms with Crippen molar-refractivity contribution in [1.82, 2.24) is 34.4 Å². The quantitative estimate of drug-likeness (QED) is 0.190. The molecule has 1 fully saturated rings. The molecule has 4 heterocycles. The third-order valence-corrected chi connectivity index (χ3v) is 8.88. The van der Waals surface area contributed by atoms with E-state index in [9.17, 15) is 9.65 Å². The van der Waals surface area contributed by atoms with E-state index < -0.39 is 11.9 Å². The summed E-state index contributed by atoms with van der Waals surface area (Å²) in [6, 6.07) is 9.97. The molecule has 45 heavy (non-hydrogen) atoms.